The highest BCUT2D eigenvalue weighted by Gasteiger charge is 2.11. The van der Waals surface area contributed by atoms with Gasteiger partial charge in [-0.05, 0) is 19.1 Å². The molecular weight excluding hydrogens is 228 g/mol. The standard InChI is InChI=1S/C14H22N2O2/c1-10(2)15-7-8-16-14(17)12-9-11(3)5-6-13(12)18-4/h5-6,9-10,15H,7-8H2,1-4H3,(H,16,17). The Hall–Kier alpha value is -1.55. The molecule has 0 radical (unpaired) electrons. The maximum absolute atomic E-state index is 12.0. The summed E-state index contributed by atoms with van der Waals surface area (Å²) in [6.45, 7) is 7.47. The van der Waals surface area contributed by atoms with E-state index in [1.54, 1.807) is 7.11 Å². The van der Waals surface area contributed by atoms with Crippen LogP contribution >= 0.6 is 0 Å². The van der Waals surface area contributed by atoms with Crippen LogP contribution in [-0.2, 0) is 0 Å². The lowest BCUT2D eigenvalue weighted by Crippen LogP contribution is -2.34. The number of methoxy groups -OCH3 is 1. The Morgan fingerprint density at radius 1 is 1.33 bits per heavy atom. The predicted octanol–water partition coefficient (Wildman–Crippen LogP) is 1.73. The number of ether oxygens (including phenoxy) is 1. The molecule has 2 N–H and O–H groups in total. The number of nitrogens with one attached hydrogen (secondary N) is 2. The van der Waals surface area contributed by atoms with Gasteiger partial charge in [0.2, 0.25) is 0 Å². The van der Waals surface area contributed by atoms with Crippen LogP contribution in [0.5, 0.6) is 5.75 Å². The van der Waals surface area contributed by atoms with Crippen molar-refractivity contribution in [3.05, 3.63) is 29.3 Å². The molecule has 0 heterocycles. The van der Waals surface area contributed by atoms with E-state index in [1.165, 1.54) is 0 Å². The van der Waals surface area contributed by atoms with E-state index in [2.05, 4.69) is 24.5 Å². The molecule has 0 aromatic heterocycles. The third-order valence-electron chi connectivity index (χ3n) is 2.56. The van der Waals surface area contributed by atoms with Crippen molar-refractivity contribution in [2.24, 2.45) is 0 Å². The number of carbonyl (C=O) groups excluding carboxylic acids is 1. The van der Waals surface area contributed by atoms with Crippen LogP contribution in [0.15, 0.2) is 18.2 Å². The Morgan fingerprint density at radius 3 is 2.67 bits per heavy atom. The Morgan fingerprint density at radius 2 is 2.06 bits per heavy atom. The van der Waals surface area contributed by atoms with Gasteiger partial charge >= 0.3 is 0 Å². The van der Waals surface area contributed by atoms with E-state index in [1.807, 2.05) is 25.1 Å². The van der Waals surface area contributed by atoms with Crippen molar-refractivity contribution in [1.29, 1.82) is 0 Å². The van der Waals surface area contributed by atoms with Crippen molar-refractivity contribution < 1.29 is 9.53 Å². The highest BCUT2D eigenvalue weighted by molar-refractivity contribution is 5.97. The Bertz CT molecular complexity index is 403. The topological polar surface area (TPSA) is 50.4 Å². The summed E-state index contributed by atoms with van der Waals surface area (Å²) in [5.74, 6) is 0.510. The van der Waals surface area contributed by atoms with E-state index in [9.17, 15) is 4.79 Å². The molecule has 18 heavy (non-hydrogen) atoms. The molecule has 4 heteroatoms. The third kappa shape index (κ3) is 4.37. The summed E-state index contributed by atoms with van der Waals surface area (Å²) in [5, 5.41) is 6.12. The van der Waals surface area contributed by atoms with E-state index >= 15 is 0 Å². The number of hydrogen-bond donors (Lipinski definition) is 2. The van der Waals surface area contributed by atoms with E-state index in [0.29, 0.717) is 23.9 Å². The van der Waals surface area contributed by atoms with Gasteiger partial charge < -0.3 is 15.4 Å². The molecule has 0 saturated heterocycles. The molecule has 0 spiro atoms. The van der Waals surface area contributed by atoms with Crippen molar-refractivity contribution in [3.63, 3.8) is 0 Å². The van der Waals surface area contributed by atoms with Gasteiger partial charge in [-0.25, -0.2) is 0 Å². The molecule has 0 aliphatic carbocycles. The van der Waals surface area contributed by atoms with Crippen LogP contribution in [0.25, 0.3) is 0 Å². The van der Waals surface area contributed by atoms with Crippen LogP contribution in [-0.4, -0.2) is 32.1 Å². The highest BCUT2D eigenvalue weighted by atomic mass is 16.5. The van der Waals surface area contributed by atoms with Crippen molar-refractivity contribution in [2.45, 2.75) is 26.8 Å². The van der Waals surface area contributed by atoms with Gasteiger partial charge in [0.25, 0.3) is 5.91 Å². The number of carbonyl (C=O) groups is 1. The molecule has 1 amide bonds. The zero-order chi connectivity index (χ0) is 13.5. The minimum Gasteiger partial charge on any atom is -0.496 e. The minimum absolute atomic E-state index is 0.0962. The minimum atomic E-state index is -0.0962. The van der Waals surface area contributed by atoms with E-state index in [-0.39, 0.29) is 5.91 Å². The van der Waals surface area contributed by atoms with Gasteiger partial charge in [-0.2, -0.15) is 0 Å². The second kappa shape index (κ2) is 7.01. The van der Waals surface area contributed by atoms with Crippen molar-refractivity contribution in [3.8, 4) is 5.75 Å². The lowest BCUT2D eigenvalue weighted by Gasteiger charge is -2.11. The summed E-state index contributed by atoms with van der Waals surface area (Å²) < 4.78 is 5.19. The number of rotatable bonds is 6. The SMILES string of the molecule is COc1ccc(C)cc1C(=O)NCCNC(C)C. The highest BCUT2D eigenvalue weighted by Crippen LogP contribution is 2.19. The quantitative estimate of drug-likeness (QED) is 0.756. The molecular formula is C14H22N2O2. The lowest BCUT2D eigenvalue weighted by atomic mass is 10.1. The summed E-state index contributed by atoms with van der Waals surface area (Å²) in [5.41, 5.74) is 1.63. The zero-order valence-corrected chi connectivity index (χ0v) is 11.5. The smallest absolute Gasteiger partial charge is 0.255 e. The molecule has 0 unspecified atom stereocenters. The number of aryl methyl sites for hydroxylation is 1. The zero-order valence-electron chi connectivity index (χ0n) is 11.5. The van der Waals surface area contributed by atoms with E-state index in [0.717, 1.165) is 12.1 Å². The third-order valence-corrected chi connectivity index (χ3v) is 2.56. The fraction of sp³-hybridized carbons (Fsp3) is 0.500. The molecule has 0 saturated carbocycles. The van der Waals surface area contributed by atoms with Gasteiger partial charge in [-0.15, -0.1) is 0 Å². The van der Waals surface area contributed by atoms with Crippen molar-refractivity contribution >= 4 is 5.91 Å². The number of hydrogen-bond acceptors (Lipinski definition) is 3. The van der Waals surface area contributed by atoms with Crippen LogP contribution < -0.4 is 15.4 Å². The second-order valence-corrected chi connectivity index (χ2v) is 4.57. The van der Waals surface area contributed by atoms with Gasteiger partial charge in [0, 0.05) is 19.1 Å². The normalized spacial score (nSPS) is 10.5. The van der Waals surface area contributed by atoms with Crippen LogP contribution in [0.2, 0.25) is 0 Å². The average molecular weight is 250 g/mol. The second-order valence-electron chi connectivity index (χ2n) is 4.57. The number of benzene rings is 1. The van der Waals surface area contributed by atoms with Crippen LogP contribution in [0.4, 0.5) is 0 Å². The molecule has 1 aromatic carbocycles. The maximum atomic E-state index is 12.0. The summed E-state index contributed by atoms with van der Waals surface area (Å²) in [6, 6.07) is 6.01. The summed E-state index contributed by atoms with van der Waals surface area (Å²) in [7, 11) is 1.57. The Balaban J connectivity index is 2.58. The van der Waals surface area contributed by atoms with Crippen molar-refractivity contribution in [2.75, 3.05) is 20.2 Å². The monoisotopic (exact) mass is 250 g/mol. The van der Waals surface area contributed by atoms with E-state index in [4.69, 9.17) is 4.74 Å². The molecule has 1 rings (SSSR count). The fourth-order valence-corrected chi connectivity index (χ4v) is 1.63. The first-order chi connectivity index (χ1) is 8.54. The maximum Gasteiger partial charge on any atom is 0.255 e. The first-order valence-electron chi connectivity index (χ1n) is 6.21. The summed E-state index contributed by atoms with van der Waals surface area (Å²) in [6.07, 6.45) is 0. The first kappa shape index (κ1) is 14.5. The van der Waals surface area contributed by atoms with Gasteiger partial charge in [0.1, 0.15) is 5.75 Å². The van der Waals surface area contributed by atoms with Crippen LogP contribution in [0.1, 0.15) is 29.8 Å². The van der Waals surface area contributed by atoms with Gasteiger partial charge in [0.15, 0.2) is 0 Å². The number of amides is 1. The Labute approximate surface area is 109 Å². The molecule has 4 nitrogen and oxygen atoms in total. The van der Waals surface area contributed by atoms with Gasteiger partial charge in [0.05, 0.1) is 12.7 Å². The average Bonchev–Trinajstić information content (AvgIpc) is 2.34. The fourth-order valence-electron chi connectivity index (χ4n) is 1.63. The largest absolute Gasteiger partial charge is 0.496 e. The van der Waals surface area contributed by atoms with Gasteiger partial charge in [-0.3, -0.25) is 4.79 Å². The Kier molecular flexibility index (Phi) is 5.65. The first-order valence-corrected chi connectivity index (χ1v) is 6.21. The van der Waals surface area contributed by atoms with Crippen LogP contribution in [0.3, 0.4) is 0 Å². The molecule has 1 aromatic rings. The molecule has 0 atom stereocenters. The predicted molar refractivity (Wildman–Crippen MR) is 73.2 cm³/mol. The lowest BCUT2D eigenvalue weighted by molar-refractivity contribution is 0.0950. The summed E-state index contributed by atoms with van der Waals surface area (Å²) >= 11 is 0. The van der Waals surface area contributed by atoms with Crippen molar-refractivity contribution in [1.82, 2.24) is 10.6 Å². The van der Waals surface area contributed by atoms with E-state index < -0.39 is 0 Å². The molecule has 0 aliphatic heterocycles. The van der Waals surface area contributed by atoms with Crippen LogP contribution in [0, 0.1) is 6.92 Å². The molecule has 0 aliphatic rings. The molecule has 0 bridgehead atoms. The molecule has 100 valence electrons. The molecule has 0 fully saturated rings. The summed E-state index contributed by atoms with van der Waals surface area (Å²) in [4.78, 5) is 12.0. The van der Waals surface area contributed by atoms with Gasteiger partial charge in [-0.1, -0.05) is 25.5 Å².